The Morgan fingerprint density at radius 3 is 1.20 bits per heavy atom. The summed E-state index contributed by atoms with van der Waals surface area (Å²) in [5, 5.41) is 75.8. The van der Waals surface area contributed by atoms with Crippen LogP contribution in [0.5, 0.6) is 0 Å². The van der Waals surface area contributed by atoms with E-state index in [1.807, 2.05) is 0 Å². The number of rotatable bonds is 52. The maximum absolute atomic E-state index is 13.1. The van der Waals surface area contributed by atoms with E-state index in [1.165, 1.54) is 212 Å². The second kappa shape index (κ2) is 48.8. The molecule has 9 unspecified atom stereocenters. The fourth-order valence-corrected chi connectivity index (χ4v) is 9.91. The van der Waals surface area contributed by atoms with Gasteiger partial charge in [-0.1, -0.05) is 264 Å². The zero-order valence-electron chi connectivity index (χ0n) is 45.5. The number of aliphatic hydroxyl groups is 7. The smallest absolute Gasteiger partial charge is 0.249 e. The van der Waals surface area contributed by atoms with Gasteiger partial charge in [0.15, 0.2) is 6.29 Å². The van der Waals surface area contributed by atoms with E-state index in [0.717, 1.165) is 38.5 Å². The van der Waals surface area contributed by atoms with Crippen LogP contribution in [0.15, 0.2) is 12.2 Å². The fourth-order valence-electron chi connectivity index (χ4n) is 9.91. The predicted molar refractivity (Wildman–Crippen MR) is 289 cm³/mol. The van der Waals surface area contributed by atoms with Crippen LogP contribution in [0, 0.1) is 0 Å². The molecular weight excluding hydrogens is 883 g/mol. The number of aliphatic hydroxyl groups excluding tert-OH is 7. The number of allylic oxidation sites excluding steroid dienone is 2. The highest BCUT2D eigenvalue weighted by Gasteiger charge is 2.44. The number of unbranched alkanes of at least 4 members (excludes halogenated alkanes) is 38. The molecule has 70 heavy (non-hydrogen) atoms. The third-order valence-corrected chi connectivity index (χ3v) is 14.8. The van der Waals surface area contributed by atoms with Crippen LogP contribution in [0.2, 0.25) is 0 Å². The van der Waals surface area contributed by atoms with Crippen molar-refractivity contribution >= 4 is 5.91 Å². The van der Waals surface area contributed by atoms with Crippen LogP contribution in [-0.4, -0.2) is 110 Å². The largest absolute Gasteiger partial charge is 0.394 e. The molecule has 1 amide bonds. The number of ether oxygens (including phenoxy) is 2. The van der Waals surface area contributed by atoms with Crippen molar-refractivity contribution in [3.05, 3.63) is 12.2 Å². The molecular formula is C59H115NO10. The Hall–Kier alpha value is -1.15. The molecule has 0 radical (unpaired) electrons. The predicted octanol–water partition coefficient (Wildman–Crippen LogP) is 12.7. The van der Waals surface area contributed by atoms with Crippen LogP contribution in [0.3, 0.4) is 0 Å². The summed E-state index contributed by atoms with van der Waals surface area (Å²) in [6.45, 7) is 3.44. The lowest BCUT2D eigenvalue weighted by Crippen LogP contribution is -2.60. The SMILES string of the molecule is CCCCCCCCCCCCCCCC/C=C\CCCCCCCCCCCCCCCCCCC(O)C(=O)NC(COC1OC(CO)C(O)C(O)C1O)C(O)C(O)CCCCCCCCCCC. The van der Waals surface area contributed by atoms with Gasteiger partial charge < -0.3 is 50.5 Å². The summed E-state index contributed by atoms with van der Waals surface area (Å²) in [6.07, 6.45) is 46.1. The third kappa shape index (κ3) is 36.7. The Morgan fingerprint density at radius 1 is 0.486 bits per heavy atom. The van der Waals surface area contributed by atoms with Crippen LogP contribution in [-0.2, 0) is 14.3 Å². The highest BCUT2D eigenvalue weighted by atomic mass is 16.7. The Kier molecular flexibility index (Phi) is 46.6. The fraction of sp³-hybridized carbons (Fsp3) is 0.949. The van der Waals surface area contributed by atoms with Crippen LogP contribution in [0.1, 0.15) is 290 Å². The molecule has 0 aromatic carbocycles. The van der Waals surface area contributed by atoms with E-state index < -0.39 is 74.2 Å². The molecule has 0 aromatic heterocycles. The molecule has 1 rings (SSSR count). The van der Waals surface area contributed by atoms with Crippen LogP contribution < -0.4 is 5.32 Å². The van der Waals surface area contributed by atoms with Gasteiger partial charge in [0.1, 0.15) is 36.6 Å². The van der Waals surface area contributed by atoms with Crippen molar-refractivity contribution in [3.63, 3.8) is 0 Å². The number of carbonyl (C=O) groups excluding carboxylic acids is 1. The maximum Gasteiger partial charge on any atom is 0.249 e. The molecule has 416 valence electrons. The second-order valence-electron chi connectivity index (χ2n) is 21.4. The zero-order valence-corrected chi connectivity index (χ0v) is 45.5. The summed E-state index contributed by atoms with van der Waals surface area (Å²) in [5.41, 5.74) is 0. The van der Waals surface area contributed by atoms with Gasteiger partial charge in [-0.25, -0.2) is 0 Å². The average Bonchev–Trinajstić information content (AvgIpc) is 3.36. The van der Waals surface area contributed by atoms with Gasteiger partial charge in [0.25, 0.3) is 0 Å². The molecule has 0 bridgehead atoms. The molecule has 0 aromatic rings. The van der Waals surface area contributed by atoms with Gasteiger partial charge in [0.2, 0.25) is 5.91 Å². The lowest BCUT2D eigenvalue weighted by Gasteiger charge is -2.40. The molecule has 11 heteroatoms. The van der Waals surface area contributed by atoms with Crippen molar-refractivity contribution in [2.45, 2.75) is 345 Å². The van der Waals surface area contributed by atoms with Crippen LogP contribution >= 0.6 is 0 Å². The van der Waals surface area contributed by atoms with Gasteiger partial charge in [-0.05, 0) is 38.5 Å². The van der Waals surface area contributed by atoms with Crippen LogP contribution in [0.4, 0.5) is 0 Å². The van der Waals surface area contributed by atoms with Crippen molar-refractivity contribution in [3.8, 4) is 0 Å². The standard InChI is InChI=1S/C59H115NO10/c1-3-5-7-9-11-13-14-15-16-17-18-19-20-21-22-23-24-25-26-27-28-29-30-31-32-33-34-35-36-37-39-41-43-45-47-52(63)58(68)60-50(49-69-59-57(67)56(66)55(65)53(48-61)70-59)54(64)51(62)46-44-42-40-38-12-10-8-6-4-2/h23-24,50-57,59,61-67H,3-22,25-49H2,1-2H3,(H,60,68)/b24-23-. The number of amides is 1. The Bertz CT molecular complexity index is 1140. The minimum atomic E-state index is -1.66. The molecule has 0 aliphatic carbocycles. The van der Waals surface area contributed by atoms with Gasteiger partial charge in [-0.2, -0.15) is 0 Å². The van der Waals surface area contributed by atoms with Crippen LogP contribution in [0.25, 0.3) is 0 Å². The summed E-state index contributed by atoms with van der Waals surface area (Å²) >= 11 is 0. The average molecular weight is 999 g/mol. The number of carbonyl (C=O) groups is 1. The van der Waals surface area contributed by atoms with E-state index in [0.29, 0.717) is 19.3 Å². The van der Waals surface area contributed by atoms with Crippen molar-refractivity contribution in [2.24, 2.45) is 0 Å². The Morgan fingerprint density at radius 2 is 0.829 bits per heavy atom. The lowest BCUT2D eigenvalue weighted by molar-refractivity contribution is -0.303. The van der Waals surface area contributed by atoms with E-state index in [-0.39, 0.29) is 6.42 Å². The van der Waals surface area contributed by atoms with Crippen molar-refractivity contribution in [2.75, 3.05) is 13.2 Å². The minimum Gasteiger partial charge on any atom is -0.394 e. The molecule has 1 saturated heterocycles. The number of hydrogen-bond acceptors (Lipinski definition) is 10. The minimum absolute atomic E-state index is 0.264. The molecule has 1 heterocycles. The van der Waals surface area contributed by atoms with E-state index in [4.69, 9.17) is 9.47 Å². The van der Waals surface area contributed by atoms with Gasteiger partial charge in [-0.3, -0.25) is 4.79 Å². The van der Waals surface area contributed by atoms with Gasteiger partial charge in [0.05, 0.1) is 25.4 Å². The van der Waals surface area contributed by atoms with E-state index >= 15 is 0 Å². The normalized spacial score (nSPS) is 20.3. The van der Waals surface area contributed by atoms with E-state index in [9.17, 15) is 40.5 Å². The summed E-state index contributed by atoms with van der Waals surface area (Å²) in [6, 6.07) is -1.16. The first-order chi connectivity index (χ1) is 34.2. The van der Waals surface area contributed by atoms with Crippen molar-refractivity contribution in [1.29, 1.82) is 0 Å². The van der Waals surface area contributed by atoms with Gasteiger partial charge >= 0.3 is 0 Å². The zero-order chi connectivity index (χ0) is 51.1. The van der Waals surface area contributed by atoms with Crippen molar-refractivity contribution in [1.82, 2.24) is 5.32 Å². The van der Waals surface area contributed by atoms with E-state index in [1.54, 1.807) is 0 Å². The van der Waals surface area contributed by atoms with Gasteiger partial charge in [0, 0.05) is 0 Å². The quantitative estimate of drug-likeness (QED) is 0.0215. The molecule has 9 atom stereocenters. The summed E-state index contributed by atoms with van der Waals surface area (Å²) < 4.78 is 11.1. The highest BCUT2D eigenvalue weighted by molar-refractivity contribution is 5.80. The number of hydrogen-bond donors (Lipinski definition) is 8. The van der Waals surface area contributed by atoms with Crippen molar-refractivity contribution < 1.29 is 50.0 Å². The first-order valence-electron chi connectivity index (χ1n) is 30.1. The summed E-state index contributed by atoms with van der Waals surface area (Å²) in [7, 11) is 0. The summed E-state index contributed by atoms with van der Waals surface area (Å²) in [4.78, 5) is 13.1. The molecule has 1 aliphatic heterocycles. The first kappa shape index (κ1) is 66.9. The van der Waals surface area contributed by atoms with Gasteiger partial charge in [-0.15, -0.1) is 0 Å². The topological polar surface area (TPSA) is 189 Å². The molecule has 0 saturated carbocycles. The maximum atomic E-state index is 13.1. The van der Waals surface area contributed by atoms with E-state index in [2.05, 4.69) is 31.3 Å². The Labute approximate surface area is 430 Å². The Balaban J connectivity index is 2.11. The number of nitrogens with one attached hydrogen (secondary N) is 1. The summed E-state index contributed by atoms with van der Waals surface area (Å²) in [5.74, 6) is -0.694. The third-order valence-electron chi connectivity index (χ3n) is 14.8. The molecule has 1 aliphatic rings. The molecule has 1 fully saturated rings. The second-order valence-corrected chi connectivity index (χ2v) is 21.4. The monoisotopic (exact) mass is 998 g/mol. The molecule has 0 spiro atoms. The molecule has 8 N–H and O–H groups in total. The lowest BCUT2D eigenvalue weighted by atomic mass is 9.98. The molecule has 11 nitrogen and oxygen atoms in total. The first-order valence-corrected chi connectivity index (χ1v) is 30.1. The highest BCUT2D eigenvalue weighted by Crippen LogP contribution is 2.24.